The molecular formula is C13H18N4S. The maximum Gasteiger partial charge on any atom is 0.137 e. The molecule has 0 bridgehead atoms. The van der Waals surface area contributed by atoms with Crippen molar-refractivity contribution in [1.29, 1.82) is 0 Å². The number of rotatable bonds is 3. The van der Waals surface area contributed by atoms with Crippen LogP contribution in [0.4, 0.5) is 0 Å². The molecule has 4 nitrogen and oxygen atoms in total. The standard InChI is InChI=1S/C13H18N4S/c1-11-4-5-13(18-11)8-16-6-2-3-12(7-16)17-10-14-9-15-17/h4-5,9-10,12H,2-3,6-8H2,1H3. The fourth-order valence-corrected chi connectivity index (χ4v) is 3.52. The maximum absolute atomic E-state index is 4.27. The zero-order chi connectivity index (χ0) is 12.4. The van der Waals surface area contributed by atoms with Crippen molar-refractivity contribution in [3.8, 4) is 0 Å². The van der Waals surface area contributed by atoms with E-state index in [1.807, 2.05) is 22.3 Å². The molecule has 3 heterocycles. The van der Waals surface area contributed by atoms with E-state index in [0.29, 0.717) is 6.04 Å². The molecule has 1 unspecified atom stereocenters. The van der Waals surface area contributed by atoms with E-state index in [4.69, 9.17) is 0 Å². The van der Waals surface area contributed by atoms with Crippen molar-refractivity contribution >= 4 is 11.3 Å². The number of likely N-dealkylation sites (tertiary alicyclic amines) is 1. The lowest BCUT2D eigenvalue weighted by Gasteiger charge is -2.32. The van der Waals surface area contributed by atoms with Crippen LogP contribution in [-0.4, -0.2) is 32.8 Å². The molecule has 2 aromatic heterocycles. The van der Waals surface area contributed by atoms with Gasteiger partial charge in [0.2, 0.25) is 0 Å². The largest absolute Gasteiger partial charge is 0.296 e. The van der Waals surface area contributed by atoms with Crippen LogP contribution in [-0.2, 0) is 6.54 Å². The highest BCUT2D eigenvalue weighted by molar-refractivity contribution is 7.11. The van der Waals surface area contributed by atoms with Gasteiger partial charge in [0.25, 0.3) is 0 Å². The van der Waals surface area contributed by atoms with Gasteiger partial charge in [-0.25, -0.2) is 9.67 Å². The van der Waals surface area contributed by atoms with Gasteiger partial charge >= 0.3 is 0 Å². The lowest BCUT2D eigenvalue weighted by atomic mass is 10.1. The van der Waals surface area contributed by atoms with E-state index in [-0.39, 0.29) is 0 Å². The zero-order valence-corrected chi connectivity index (χ0v) is 11.4. The number of hydrogen-bond donors (Lipinski definition) is 0. The third kappa shape index (κ3) is 2.62. The first-order chi connectivity index (χ1) is 8.81. The second-order valence-corrected chi connectivity index (χ2v) is 6.29. The molecular weight excluding hydrogens is 244 g/mol. The van der Waals surface area contributed by atoms with Crippen LogP contribution in [0.25, 0.3) is 0 Å². The molecule has 0 aromatic carbocycles. The minimum absolute atomic E-state index is 0.488. The Labute approximate surface area is 111 Å². The van der Waals surface area contributed by atoms with Crippen LogP contribution in [0.15, 0.2) is 24.8 Å². The van der Waals surface area contributed by atoms with Crippen LogP contribution in [0.2, 0.25) is 0 Å². The average molecular weight is 262 g/mol. The van der Waals surface area contributed by atoms with Crippen LogP contribution >= 0.6 is 11.3 Å². The van der Waals surface area contributed by atoms with Crippen molar-refractivity contribution < 1.29 is 0 Å². The van der Waals surface area contributed by atoms with Crippen molar-refractivity contribution in [2.75, 3.05) is 13.1 Å². The topological polar surface area (TPSA) is 34.0 Å². The summed E-state index contributed by atoms with van der Waals surface area (Å²) in [6.07, 6.45) is 5.92. The number of aryl methyl sites for hydroxylation is 1. The molecule has 0 amide bonds. The Morgan fingerprint density at radius 3 is 3.11 bits per heavy atom. The minimum Gasteiger partial charge on any atom is -0.296 e. The van der Waals surface area contributed by atoms with Crippen LogP contribution in [0.1, 0.15) is 28.6 Å². The van der Waals surface area contributed by atoms with Crippen LogP contribution in [0.5, 0.6) is 0 Å². The number of aromatic nitrogens is 3. The Morgan fingerprint density at radius 1 is 1.44 bits per heavy atom. The zero-order valence-electron chi connectivity index (χ0n) is 10.6. The first kappa shape index (κ1) is 11.9. The van der Waals surface area contributed by atoms with E-state index in [0.717, 1.165) is 13.1 Å². The number of thiophene rings is 1. The molecule has 1 fully saturated rings. The van der Waals surface area contributed by atoms with Crippen LogP contribution in [0.3, 0.4) is 0 Å². The fourth-order valence-electron chi connectivity index (χ4n) is 2.59. The van der Waals surface area contributed by atoms with Crippen molar-refractivity contribution in [3.05, 3.63) is 34.5 Å². The van der Waals surface area contributed by atoms with Gasteiger partial charge in [0.15, 0.2) is 0 Å². The van der Waals surface area contributed by atoms with E-state index in [1.54, 1.807) is 6.33 Å². The third-order valence-electron chi connectivity index (χ3n) is 3.47. The van der Waals surface area contributed by atoms with Crippen molar-refractivity contribution in [2.45, 2.75) is 32.4 Å². The van der Waals surface area contributed by atoms with Gasteiger partial charge in [-0.05, 0) is 38.4 Å². The van der Waals surface area contributed by atoms with Gasteiger partial charge in [0.05, 0.1) is 6.04 Å². The molecule has 3 rings (SSSR count). The monoisotopic (exact) mass is 262 g/mol. The molecule has 1 aliphatic heterocycles. The predicted octanol–water partition coefficient (Wildman–Crippen LogP) is 2.49. The summed E-state index contributed by atoms with van der Waals surface area (Å²) >= 11 is 1.90. The molecule has 18 heavy (non-hydrogen) atoms. The Kier molecular flexibility index (Phi) is 3.43. The molecule has 0 radical (unpaired) electrons. The number of hydrogen-bond acceptors (Lipinski definition) is 4. The van der Waals surface area contributed by atoms with Gasteiger partial charge < -0.3 is 0 Å². The summed E-state index contributed by atoms with van der Waals surface area (Å²) in [5.74, 6) is 0. The summed E-state index contributed by atoms with van der Waals surface area (Å²) in [6, 6.07) is 4.94. The van der Waals surface area contributed by atoms with E-state index in [9.17, 15) is 0 Å². The van der Waals surface area contributed by atoms with Gasteiger partial charge in [0.1, 0.15) is 12.7 Å². The quantitative estimate of drug-likeness (QED) is 0.852. The summed E-state index contributed by atoms with van der Waals surface area (Å²) in [4.78, 5) is 9.44. The Balaban J connectivity index is 1.63. The second-order valence-electron chi connectivity index (χ2n) is 4.92. The summed E-state index contributed by atoms with van der Waals surface area (Å²) in [5, 5.41) is 4.27. The van der Waals surface area contributed by atoms with Crippen LogP contribution < -0.4 is 0 Å². The highest BCUT2D eigenvalue weighted by Gasteiger charge is 2.21. The Morgan fingerprint density at radius 2 is 2.39 bits per heavy atom. The maximum atomic E-state index is 4.27. The van der Waals surface area contributed by atoms with Gasteiger partial charge in [-0.3, -0.25) is 4.90 Å². The first-order valence-electron chi connectivity index (χ1n) is 6.43. The molecule has 0 spiro atoms. The Bertz CT molecular complexity index is 491. The van der Waals surface area contributed by atoms with Crippen LogP contribution in [0, 0.1) is 6.92 Å². The predicted molar refractivity (Wildman–Crippen MR) is 72.6 cm³/mol. The van der Waals surface area contributed by atoms with E-state index in [1.165, 1.54) is 29.1 Å². The van der Waals surface area contributed by atoms with Crippen molar-refractivity contribution in [1.82, 2.24) is 19.7 Å². The average Bonchev–Trinajstić information content (AvgIpc) is 3.01. The van der Waals surface area contributed by atoms with Gasteiger partial charge in [-0.15, -0.1) is 11.3 Å². The molecule has 0 N–H and O–H groups in total. The van der Waals surface area contributed by atoms with Gasteiger partial charge in [-0.1, -0.05) is 0 Å². The first-order valence-corrected chi connectivity index (χ1v) is 7.25. The molecule has 0 saturated carbocycles. The highest BCUT2D eigenvalue weighted by atomic mass is 32.1. The molecule has 0 aliphatic carbocycles. The molecule has 5 heteroatoms. The van der Waals surface area contributed by atoms with E-state index in [2.05, 4.69) is 34.0 Å². The van der Waals surface area contributed by atoms with Crippen molar-refractivity contribution in [2.24, 2.45) is 0 Å². The number of nitrogens with zero attached hydrogens (tertiary/aromatic N) is 4. The second kappa shape index (κ2) is 5.20. The normalized spacial score (nSPS) is 21.3. The molecule has 2 aromatic rings. The third-order valence-corrected chi connectivity index (χ3v) is 4.45. The minimum atomic E-state index is 0.488. The molecule has 1 saturated heterocycles. The lowest BCUT2D eigenvalue weighted by Crippen LogP contribution is -2.36. The fraction of sp³-hybridized carbons (Fsp3) is 0.538. The summed E-state index contributed by atoms with van der Waals surface area (Å²) in [7, 11) is 0. The number of piperidine rings is 1. The summed E-state index contributed by atoms with van der Waals surface area (Å²) in [6.45, 7) is 5.52. The van der Waals surface area contributed by atoms with Gasteiger partial charge in [0, 0.05) is 22.8 Å². The lowest BCUT2D eigenvalue weighted by molar-refractivity contribution is 0.164. The molecule has 96 valence electrons. The molecule has 1 atom stereocenters. The van der Waals surface area contributed by atoms with E-state index >= 15 is 0 Å². The SMILES string of the molecule is Cc1ccc(CN2CCCC(n3cncn3)C2)s1. The highest BCUT2D eigenvalue weighted by Crippen LogP contribution is 2.24. The Hall–Kier alpha value is -1.20. The molecule has 1 aliphatic rings. The van der Waals surface area contributed by atoms with Gasteiger partial charge in [-0.2, -0.15) is 5.10 Å². The smallest absolute Gasteiger partial charge is 0.137 e. The summed E-state index contributed by atoms with van der Waals surface area (Å²) in [5.41, 5.74) is 0. The van der Waals surface area contributed by atoms with E-state index < -0.39 is 0 Å². The van der Waals surface area contributed by atoms with Crippen molar-refractivity contribution in [3.63, 3.8) is 0 Å². The summed E-state index contributed by atoms with van der Waals surface area (Å²) < 4.78 is 2.01.